The van der Waals surface area contributed by atoms with Crippen LogP contribution in [0.15, 0.2) is 47.3 Å². The van der Waals surface area contributed by atoms with Gasteiger partial charge in [-0.25, -0.2) is 4.98 Å². The average molecular weight is 338 g/mol. The van der Waals surface area contributed by atoms with E-state index in [-0.39, 0.29) is 17.5 Å². The molecule has 0 saturated carbocycles. The Bertz CT molecular complexity index is 806. The molecule has 1 aliphatic heterocycles. The van der Waals surface area contributed by atoms with Crippen molar-refractivity contribution in [1.29, 1.82) is 0 Å². The first-order valence-corrected chi connectivity index (χ1v) is 8.47. The summed E-state index contributed by atoms with van der Waals surface area (Å²) in [6.07, 6.45) is 5.03. The summed E-state index contributed by atoms with van der Waals surface area (Å²) in [6.45, 7) is 3.31. The molecule has 1 aliphatic rings. The van der Waals surface area contributed by atoms with E-state index >= 15 is 0 Å². The summed E-state index contributed by atoms with van der Waals surface area (Å²) < 4.78 is 0. The third-order valence-corrected chi connectivity index (χ3v) is 4.22. The van der Waals surface area contributed by atoms with E-state index in [4.69, 9.17) is 0 Å². The number of hydrogen-bond donors (Lipinski definition) is 2. The molecule has 1 amide bonds. The molecule has 1 aromatic heterocycles. The second kappa shape index (κ2) is 7.79. The quantitative estimate of drug-likeness (QED) is 0.835. The van der Waals surface area contributed by atoms with E-state index in [0.717, 1.165) is 31.5 Å². The lowest BCUT2D eigenvalue weighted by atomic mass is 10.1. The third kappa shape index (κ3) is 4.79. The lowest BCUT2D eigenvalue weighted by Crippen LogP contribution is -2.45. The Morgan fingerprint density at radius 3 is 2.68 bits per heavy atom. The van der Waals surface area contributed by atoms with Gasteiger partial charge in [-0.1, -0.05) is 30.3 Å². The van der Waals surface area contributed by atoms with Gasteiger partial charge in [0.1, 0.15) is 0 Å². The van der Waals surface area contributed by atoms with E-state index in [9.17, 15) is 9.59 Å². The average Bonchev–Trinajstić information content (AvgIpc) is 2.61. The van der Waals surface area contributed by atoms with Crippen molar-refractivity contribution in [2.45, 2.75) is 25.8 Å². The van der Waals surface area contributed by atoms with Crippen LogP contribution >= 0.6 is 0 Å². The van der Waals surface area contributed by atoms with E-state index < -0.39 is 0 Å². The molecule has 0 spiro atoms. The zero-order valence-electron chi connectivity index (χ0n) is 14.2. The molecule has 1 fully saturated rings. The molecular weight excluding hydrogens is 316 g/mol. The number of H-pyrrole nitrogens is 1. The van der Waals surface area contributed by atoms with E-state index in [0.29, 0.717) is 11.6 Å². The van der Waals surface area contributed by atoms with Crippen LogP contribution in [0.4, 0.5) is 5.95 Å². The second-order valence-electron chi connectivity index (χ2n) is 6.22. The number of aromatic nitrogens is 2. The fourth-order valence-corrected chi connectivity index (χ4v) is 2.93. The number of benzene rings is 1. The number of amides is 1. The fraction of sp³-hybridized carbons (Fsp3) is 0.316. The molecule has 0 bridgehead atoms. The normalized spacial score (nSPS) is 15.5. The first-order valence-electron chi connectivity index (χ1n) is 8.47. The van der Waals surface area contributed by atoms with Gasteiger partial charge in [0.2, 0.25) is 11.9 Å². The summed E-state index contributed by atoms with van der Waals surface area (Å²) in [5.74, 6) is 0.531. The molecule has 25 heavy (non-hydrogen) atoms. The SMILES string of the molecule is Cc1cc(=O)[nH]c(N2CCC(NC(=O)/C=C\c3ccccc3)CC2)n1. The lowest BCUT2D eigenvalue weighted by Gasteiger charge is -2.32. The molecule has 2 heterocycles. The second-order valence-corrected chi connectivity index (χ2v) is 6.22. The number of rotatable bonds is 4. The van der Waals surface area contributed by atoms with Gasteiger partial charge in [0.25, 0.3) is 5.56 Å². The minimum Gasteiger partial charge on any atom is -0.350 e. The Kier molecular flexibility index (Phi) is 5.28. The van der Waals surface area contributed by atoms with Crippen LogP contribution in [0.25, 0.3) is 6.08 Å². The molecule has 0 aliphatic carbocycles. The number of hydrogen-bond acceptors (Lipinski definition) is 4. The highest BCUT2D eigenvalue weighted by Gasteiger charge is 2.21. The number of aryl methyl sites for hydroxylation is 1. The smallest absolute Gasteiger partial charge is 0.252 e. The summed E-state index contributed by atoms with van der Waals surface area (Å²) in [5.41, 5.74) is 1.58. The minimum absolute atomic E-state index is 0.0793. The van der Waals surface area contributed by atoms with Crippen molar-refractivity contribution in [3.05, 3.63) is 64.1 Å². The van der Waals surface area contributed by atoms with Crippen LogP contribution in [-0.4, -0.2) is 35.0 Å². The molecule has 6 heteroatoms. The molecule has 130 valence electrons. The highest BCUT2D eigenvalue weighted by atomic mass is 16.1. The topological polar surface area (TPSA) is 78.1 Å². The largest absolute Gasteiger partial charge is 0.350 e. The molecule has 3 rings (SSSR count). The summed E-state index contributed by atoms with van der Waals surface area (Å²) >= 11 is 0. The van der Waals surface area contributed by atoms with Crippen molar-refractivity contribution in [2.75, 3.05) is 18.0 Å². The van der Waals surface area contributed by atoms with E-state index in [1.54, 1.807) is 6.08 Å². The van der Waals surface area contributed by atoms with Crippen LogP contribution in [0.2, 0.25) is 0 Å². The van der Waals surface area contributed by atoms with Crippen LogP contribution in [0.5, 0.6) is 0 Å². The van der Waals surface area contributed by atoms with Crippen LogP contribution in [0.1, 0.15) is 24.1 Å². The maximum Gasteiger partial charge on any atom is 0.252 e. The summed E-state index contributed by atoms with van der Waals surface area (Å²) in [6, 6.07) is 11.4. The van der Waals surface area contributed by atoms with E-state index in [2.05, 4.69) is 20.2 Å². The highest BCUT2D eigenvalue weighted by Crippen LogP contribution is 2.15. The highest BCUT2D eigenvalue weighted by molar-refractivity contribution is 5.91. The van der Waals surface area contributed by atoms with Crippen molar-refractivity contribution in [3.63, 3.8) is 0 Å². The molecule has 2 aromatic rings. The maximum atomic E-state index is 12.1. The standard InChI is InChI=1S/C19H22N4O2/c1-14-13-18(25)22-19(20-14)23-11-9-16(10-12-23)21-17(24)8-7-15-5-3-2-4-6-15/h2-8,13,16H,9-12H2,1H3,(H,21,24)(H,20,22,25)/b8-7-. The molecule has 6 nitrogen and oxygen atoms in total. The summed E-state index contributed by atoms with van der Waals surface area (Å²) in [7, 11) is 0. The van der Waals surface area contributed by atoms with Crippen LogP contribution in [-0.2, 0) is 4.79 Å². The number of piperidine rings is 1. The first kappa shape index (κ1) is 17.0. The fourth-order valence-electron chi connectivity index (χ4n) is 2.93. The van der Waals surface area contributed by atoms with Crippen molar-refractivity contribution < 1.29 is 4.79 Å². The number of anilines is 1. The third-order valence-electron chi connectivity index (χ3n) is 4.22. The van der Waals surface area contributed by atoms with Gasteiger partial charge in [0, 0.05) is 37.0 Å². The van der Waals surface area contributed by atoms with Crippen LogP contribution in [0.3, 0.4) is 0 Å². The zero-order chi connectivity index (χ0) is 17.6. The van der Waals surface area contributed by atoms with Crippen molar-refractivity contribution >= 4 is 17.9 Å². The van der Waals surface area contributed by atoms with Gasteiger partial charge >= 0.3 is 0 Å². The minimum atomic E-state index is -0.135. The van der Waals surface area contributed by atoms with Gasteiger partial charge in [-0.05, 0) is 31.4 Å². The van der Waals surface area contributed by atoms with Gasteiger partial charge in [-0.15, -0.1) is 0 Å². The van der Waals surface area contributed by atoms with Gasteiger partial charge in [-0.3, -0.25) is 14.6 Å². The predicted octanol–water partition coefficient (Wildman–Crippen LogP) is 1.88. The summed E-state index contributed by atoms with van der Waals surface area (Å²) in [4.78, 5) is 32.8. The molecule has 0 atom stereocenters. The van der Waals surface area contributed by atoms with Crippen molar-refractivity contribution in [3.8, 4) is 0 Å². The molecular formula is C19H22N4O2. The molecule has 1 saturated heterocycles. The van der Waals surface area contributed by atoms with Crippen LogP contribution in [0, 0.1) is 6.92 Å². The Balaban J connectivity index is 1.51. The van der Waals surface area contributed by atoms with Gasteiger partial charge < -0.3 is 10.2 Å². The Labute approximate surface area is 146 Å². The number of carbonyl (C=O) groups is 1. The number of aromatic amines is 1. The monoisotopic (exact) mass is 338 g/mol. The molecule has 0 radical (unpaired) electrons. The van der Waals surface area contributed by atoms with Gasteiger partial charge in [-0.2, -0.15) is 0 Å². The summed E-state index contributed by atoms with van der Waals surface area (Å²) in [5, 5.41) is 3.04. The van der Waals surface area contributed by atoms with Gasteiger partial charge in [0.15, 0.2) is 0 Å². The van der Waals surface area contributed by atoms with Gasteiger partial charge in [0.05, 0.1) is 0 Å². The first-order chi connectivity index (χ1) is 12.1. The van der Waals surface area contributed by atoms with Crippen molar-refractivity contribution in [2.24, 2.45) is 0 Å². The number of nitrogens with one attached hydrogen (secondary N) is 2. The molecule has 0 unspecified atom stereocenters. The van der Waals surface area contributed by atoms with E-state index in [1.807, 2.05) is 43.3 Å². The molecule has 2 N–H and O–H groups in total. The maximum absolute atomic E-state index is 12.1. The zero-order valence-corrected chi connectivity index (χ0v) is 14.2. The number of nitrogens with zero attached hydrogens (tertiary/aromatic N) is 2. The number of carbonyl (C=O) groups excluding carboxylic acids is 1. The Morgan fingerprint density at radius 1 is 1.28 bits per heavy atom. The molecule has 1 aromatic carbocycles. The Hall–Kier alpha value is -2.89. The van der Waals surface area contributed by atoms with Crippen molar-refractivity contribution in [1.82, 2.24) is 15.3 Å². The Morgan fingerprint density at radius 2 is 2.00 bits per heavy atom. The van der Waals surface area contributed by atoms with E-state index in [1.165, 1.54) is 6.07 Å². The van der Waals surface area contributed by atoms with Crippen LogP contribution < -0.4 is 15.8 Å². The lowest BCUT2D eigenvalue weighted by molar-refractivity contribution is -0.117. The predicted molar refractivity (Wildman–Crippen MR) is 98.4 cm³/mol.